The van der Waals surface area contributed by atoms with Crippen LogP contribution in [0.5, 0.6) is 0 Å². The summed E-state index contributed by atoms with van der Waals surface area (Å²) >= 11 is 0. The molecule has 1 aromatic heterocycles. The molecular formula is C25H36N2O7S. The number of benzene rings is 1. The van der Waals surface area contributed by atoms with Gasteiger partial charge in [0.15, 0.2) is 0 Å². The summed E-state index contributed by atoms with van der Waals surface area (Å²) < 4.78 is 39.3. The molecule has 1 aliphatic rings. The Balaban J connectivity index is 1.88. The third-order valence-electron chi connectivity index (χ3n) is 6.38. The van der Waals surface area contributed by atoms with E-state index in [0.717, 1.165) is 5.56 Å². The van der Waals surface area contributed by atoms with Crippen molar-refractivity contribution in [2.75, 3.05) is 6.61 Å². The van der Waals surface area contributed by atoms with Crippen LogP contribution >= 0.6 is 0 Å². The first kappa shape index (κ1) is 27.3. The Bertz CT molecular complexity index is 1260. The molecular weight excluding hydrogens is 472 g/mol. The highest BCUT2D eigenvalue weighted by atomic mass is 32.2. The molecule has 1 aromatic carbocycles. The quantitative estimate of drug-likeness (QED) is 0.524. The normalized spacial score (nSPS) is 20.9. The van der Waals surface area contributed by atoms with Gasteiger partial charge in [-0.15, -0.1) is 0 Å². The fourth-order valence-corrected chi connectivity index (χ4v) is 5.83. The largest absolute Gasteiger partial charge is 0.390 e. The van der Waals surface area contributed by atoms with Crippen molar-refractivity contribution in [2.45, 2.75) is 96.0 Å². The maximum atomic E-state index is 13.5. The molecule has 2 aromatic rings. The van der Waals surface area contributed by atoms with E-state index in [0.29, 0.717) is 16.7 Å². The van der Waals surface area contributed by atoms with Gasteiger partial charge in [-0.2, -0.15) is 8.42 Å². The predicted octanol–water partition coefficient (Wildman–Crippen LogP) is 3.27. The SMILES string of the molecule is Cc1cn([C@H]2CC(O)[C@@H](COS(=O)(=O)c3c(C(C)C)cc(C(C)C)cc3C(C)C)O2)c(=O)[nH]c1=O. The lowest BCUT2D eigenvalue weighted by Crippen LogP contribution is -2.33. The molecule has 0 aliphatic carbocycles. The number of H-pyrrole nitrogens is 1. The highest BCUT2D eigenvalue weighted by molar-refractivity contribution is 7.86. The fraction of sp³-hybridized carbons (Fsp3) is 0.600. The third-order valence-corrected chi connectivity index (χ3v) is 7.79. The molecule has 2 N–H and O–H groups in total. The lowest BCUT2D eigenvalue weighted by molar-refractivity contribution is -0.0400. The molecule has 1 fully saturated rings. The molecule has 1 aliphatic heterocycles. The summed E-state index contributed by atoms with van der Waals surface area (Å²) in [5.41, 5.74) is 1.61. The van der Waals surface area contributed by atoms with Crippen LogP contribution in [0.25, 0.3) is 0 Å². The minimum Gasteiger partial charge on any atom is -0.390 e. The van der Waals surface area contributed by atoms with Crippen LogP contribution in [0, 0.1) is 6.92 Å². The van der Waals surface area contributed by atoms with Crippen molar-refractivity contribution in [3.8, 4) is 0 Å². The van der Waals surface area contributed by atoms with Crippen LogP contribution in [0.1, 0.15) is 94.2 Å². The zero-order valence-corrected chi connectivity index (χ0v) is 22.2. The first-order valence-corrected chi connectivity index (χ1v) is 13.4. The van der Waals surface area contributed by atoms with Gasteiger partial charge in [-0.3, -0.25) is 18.5 Å². The standard InChI is InChI=1S/C25H36N2O7S/c1-13(2)17-8-18(14(3)4)23(19(9-17)15(5)6)35(31,32)33-12-21-20(28)10-22(34-21)27-11-16(7)24(29)26-25(27)30/h8-9,11,13-15,20-22,28H,10,12H2,1-7H3,(H,26,29,30)/t20?,21-,22-/m1/s1. The van der Waals surface area contributed by atoms with Crippen LogP contribution in [0.15, 0.2) is 32.8 Å². The number of aliphatic hydroxyl groups excluding tert-OH is 1. The van der Waals surface area contributed by atoms with Gasteiger partial charge >= 0.3 is 5.69 Å². The van der Waals surface area contributed by atoms with Crippen LogP contribution in [0.3, 0.4) is 0 Å². The maximum absolute atomic E-state index is 13.5. The van der Waals surface area contributed by atoms with Crippen LogP contribution in [0.2, 0.25) is 0 Å². The highest BCUT2D eigenvalue weighted by Gasteiger charge is 2.38. The molecule has 0 spiro atoms. The molecule has 3 atom stereocenters. The molecule has 0 amide bonds. The number of nitrogens with zero attached hydrogens (tertiary/aromatic N) is 1. The average Bonchev–Trinajstić information content (AvgIpc) is 3.13. The molecule has 9 nitrogen and oxygen atoms in total. The van der Waals surface area contributed by atoms with Gasteiger partial charge in [0.05, 0.1) is 12.7 Å². The van der Waals surface area contributed by atoms with E-state index in [1.165, 1.54) is 10.8 Å². The Morgan fingerprint density at radius 1 is 1.09 bits per heavy atom. The van der Waals surface area contributed by atoms with E-state index in [1.54, 1.807) is 6.92 Å². The summed E-state index contributed by atoms with van der Waals surface area (Å²) in [4.78, 5) is 26.2. The predicted molar refractivity (Wildman–Crippen MR) is 132 cm³/mol. The van der Waals surface area contributed by atoms with Crippen molar-refractivity contribution >= 4 is 10.1 Å². The molecule has 1 saturated heterocycles. The third kappa shape index (κ3) is 5.77. The van der Waals surface area contributed by atoms with E-state index in [4.69, 9.17) is 8.92 Å². The minimum absolute atomic E-state index is 0.0485. The molecule has 3 rings (SSSR count). The second-order valence-corrected chi connectivity index (χ2v) is 11.7. The van der Waals surface area contributed by atoms with E-state index >= 15 is 0 Å². The van der Waals surface area contributed by atoms with Crippen LogP contribution < -0.4 is 11.2 Å². The van der Waals surface area contributed by atoms with Crippen LogP contribution in [0.4, 0.5) is 0 Å². The lowest BCUT2D eigenvalue weighted by Gasteiger charge is -2.23. The monoisotopic (exact) mass is 508 g/mol. The number of hydrogen-bond acceptors (Lipinski definition) is 7. The van der Waals surface area contributed by atoms with E-state index in [1.807, 2.05) is 39.8 Å². The molecule has 1 unspecified atom stereocenters. The Kier molecular flexibility index (Phi) is 8.10. The number of aryl methyl sites for hydroxylation is 1. The number of rotatable bonds is 8. The second kappa shape index (κ2) is 10.4. The minimum atomic E-state index is -4.17. The first-order chi connectivity index (χ1) is 16.2. The van der Waals surface area contributed by atoms with Crippen molar-refractivity contribution in [2.24, 2.45) is 0 Å². The summed E-state index contributed by atoms with van der Waals surface area (Å²) in [6.07, 6.45) is -1.46. The summed E-state index contributed by atoms with van der Waals surface area (Å²) in [5.74, 6) is 0.141. The van der Waals surface area contributed by atoms with Gasteiger partial charge in [-0.25, -0.2) is 4.79 Å². The maximum Gasteiger partial charge on any atom is 0.330 e. The highest BCUT2D eigenvalue weighted by Crippen LogP contribution is 2.36. The van der Waals surface area contributed by atoms with Gasteiger partial charge in [0.2, 0.25) is 0 Å². The number of aliphatic hydroxyl groups is 1. The number of aromatic nitrogens is 2. The molecule has 10 heteroatoms. The Morgan fingerprint density at radius 2 is 1.66 bits per heavy atom. The first-order valence-electron chi connectivity index (χ1n) is 12.0. The Labute approximate surface area is 206 Å². The molecule has 35 heavy (non-hydrogen) atoms. The zero-order valence-electron chi connectivity index (χ0n) is 21.4. The van der Waals surface area contributed by atoms with E-state index in [9.17, 15) is 23.1 Å². The van der Waals surface area contributed by atoms with E-state index in [-0.39, 0.29) is 29.1 Å². The topological polar surface area (TPSA) is 128 Å². The fourth-order valence-electron chi connectivity index (χ4n) is 4.23. The second-order valence-electron chi connectivity index (χ2n) is 10.1. The number of ether oxygens (including phenoxy) is 1. The molecule has 2 heterocycles. The van der Waals surface area contributed by atoms with Crippen molar-refractivity contribution < 1.29 is 22.4 Å². The molecule has 194 valence electrons. The van der Waals surface area contributed by atoms with Gasteiger partial charge in [-0.1, -0.05) is 53.7 Å². The van der Waals surface area contributed by atoms with Crippen molar-refractivity contribution in [1.29, 1.82) is 0 Å². The number of nitrogens with one attached hydrogen (secondary N) is 1. The summed E-state index contributed by atoms with van der Waals surface area (Å²) in [5, 5.41) is 10.5. The van der Waals surface area contributed by atoms with Gasteiger partial charge in [-0.05, 0) is 41.4 Å². The van der Waals surface area contributed by atoms with Crippen LogP contribution in [-0.2, 0) is 19.0 Å². The summed E-state index contributed by atoms with van der Waals surface area (Å²) in [7, 11) is -4.17. The Morgan fingerprint density at radius 3 is 2.17 bits per heavy atom. The lowest BCUT2D eigenvalue weighted by atomic mass is 9.89. The van der Waals surface area contributed by atoms with Crippen molar-refractivity contribution in [3.63, 3.8) is 0 Å². The van der Waals surface area contributed by atoms with Gasteiger partial charge in [0, 0.05) is 18.2 Å². The van der Waals surface area contributed by atoms with Crippen molar-refractivity contribution in [1.82, 2.24) is 9.55 Å². The summed E-state index contributed by atoms with van der Waals surface area (Å²) in [6, 6.07) is 3.86. The van der Waals surface area contributed by atoms with Gasteiger partial charge in [0.1, 0.15) is 17.2 Å². The van der Waals surface area contributed by atoms with E-state index in [2.05, 4.69) is 18.8 Å². The summed E-state index contributed by atoms with van der Waals surface area (Å²) in [6.45, 7) is 13.1. The Hall–Kier alpha value is -2.27. The molecule has 0 radical (unpaired) electrons. The van der Waals surface area contributed by atoms with Gasteiger partial charge in [0.25, 0.3) is 15.7 Å². The van der Waals surface area contributed by atoms with Crippen LogP contribution in [-0.4, -0.2) is 41.9 Å². The molecule has 0 bridgehead atoms. The smallest absolute Gasteiger partial charge is 0.330 e. The average molecular weight is 509 g/mol. The zero-order chi connectivity index (χ0) is 26.2. The molecule has 0 saturated carbocycles. The van der Waals surface area contributed by atoms with E-state index < -0.39 is 46.4 Å². The number of hydrogen-bond donors (Lipinski definition) is 2. The van der Waals surface area contributed by atoms with Crippen molar-refractivity contribution in [3.05, 3.63) is 61.4 Å². The number of aromatic amines is 1. The van der Waals surface area contributed by atoms with Gasteiger partial charge < -0.3 is 9.84 Å².